The predicted molar refractivity (Wildman–Crippen MR) is 74.4 cm³/mol. The summed E-state index contributed by atoms with van der Waals surface area (Å²) in [6, 6.07) is 9.68. The second-order valence-corrected chi connectivity index (χ2v) is 4.56. The van der Waals surface area contributed by atoms with Crippen LogP contribution < -0.4 is 4.90 Å². The van der Waals surface area contributed by atoms with Gasteiger partial charge in [0, 0.05) is 19.2 Å². The van der Waals surface area contributed by atoms with Crippen molar-refractivity contribution < 1.29 is 14.3 Å². The molecule has 1 N–H and O–H groups in total. The lowest BCUT2D eigenvalue weighted by Gasteiger charge is -2.19. The molecule has 0 aliphatic carbocycles. The number of carbonyl (C=O) groups is 1. The molecule has 0 spiro atoms. The summed E-state index contributed by atoms with van der Waals surface area (Å²) in [6.07, 6.45) is 0. The summed E-state index contributed by atoms with van der Waals surface area (Å²) in [5.41, 5.74) is 1.18. The maximum Gasteiger partial charge on any atom is 0.337 e. The zero-order valence-corrected chi connectivity index (χ0v) is 11.3. The first-order chi connectivity index (χ1) is 9.49. The number of carboxylic acids is 1. The Morgan fingerprint density at radius 1 is 1.30 bits per heavy atom. The second kappa shape index (κ2) is 5.69. The van der Waals surface area contributed by atoms with Crippen molar-refractivity contribution in [3.05, 3.63) is 59.0 Å². The van der Waals surface area contributed by atoms with Crippen LogP contribution in [0, 0.1) is 12.7 Å². The van der Waals surface area contributed by atoms with Crippen LogP contribution in [-0.4, -0.2) is 23.1 Å². The van der Waals surface area contributed by atoms with E-state index in [0.29, 0.717) is 23.6 Å². The van der Waals surface area contributed by atoms with Crippen LogP contribution >= 0.6 is 0 Å². The molecule has 0 unspecified atom stereocenters. The third-order valence-corrected chi connectivity index (χ3v) is 3.06. The first kappa shape index (κ1) is 14.0. The van der Waals surface area contributed by atoms with Crippen LogP contribution in [-0.2, 0) is 6.54 Å². The molecule has 5 heteroatoms. The van der Waals surface area contributed by atoms with Gasteiger partial charge in [-0.25, -0.2) is 14.2 Å². The van der Waals surface area contributed by atoms with Crippen molar-refractivity contribution >= 4 is 11.8 Å². The lowest BCUT2D eigenvalue weighted by molar-refractivity contribution is 0.0695. The van der Waals surface area contributed by atoms with Crippen molar-refractivity contribution in [3.8, 4) is 0 Å². The summed E-state index contributed by atoms with van der Waals surface area (Å²) in [6.45, 7) is 2.01. The molecule has 20 heavy (non-hydrogen) atoms. The number of benzene rings is 1. The Morgan fingerprint density at radius 3 is 2.60 bits per heavy atom. The molecule has 1 aromatic heterocycles. The highest BCUT2D eigenvalue weighted by Gasteiger charge is 2.12. The SMILES string of the molecule is Cc1nc(N(C)Cc2ccccc2F)ccc1C(=O)O. The Bertz CT molecular complexity index is 644. The normalized spacial score (nSPS) is 10.3. The molecule has 0 aliphatic heterocycles. The van der Waals surface area contributed by atoms with E-state index in [9.17, 15) is 9.18 Å². The second-order valence-electron chi connectivity index (χ2n) is 4.56. The molecule has 0 atom stereocenters. The van der Waals surface area contributed by atoms with Gasteiger partial charge < -0.3 is 10.0 Å². The molecule has 1 heterocycles. The maximum absolute atomic E-state index is 13.6. The highest BCUT2D eigenvalue weighted by molar-refractivity contribution is 5.89. The Labute approximate surface area is 116 Å². The van der Waals surface area contributed by atoms with Gasteiger partial charge in [0.1, 0.15) is 11.6 Å². The number of nitrogens with zero attached hydrogens (tertiary/aromatic N) is 2. The van der Waals surface area contributed by atoms with Crippen molar-refractivity contribution in [2.24, 2.45) is 0 Å². The number of anilines is 1. The van der Waals surface area contributed by atoms with Gasteiger partial charge in [-0.1, -0.05) is 18.2 Å². The summed E-state index contributed by atoms with van der Waals surface area (Å²) in [4.78, 5) is 17.0. The smallest absolute Gasteiger partial charge is 0.337 e. The molecular weight excluding hydrogens is 259 g/mol. The van der Waals surface area contributed by atoms with E-state index < -0.39 is 5.97 Å². The highest BCUT2D eigenvalue weighted by Crippen LogP contribution is 2.17. The number of halogens is 1. The van der Waals surface area contributed by atoms with Gasteiger partial charge >= 0.3 is 5.97 Å². The first-order valence-corrected chi connectivity index (χ1v) is 6.14. The van der Waals surface area contributed by atoms with Gasteiger partial charge in [0.2, 0.25) is 0 Å². The minimum atomic E-state index is -1.00. The molecule has 0 bridgehead atoms. The monoisotopic (exact) mass is 274 g/mol. The van der Waals surface area contributed by atoms with E-state index in [2.05, 4.69) is 4.98 Å². The number of aryl methyl sites for hydroxylation is 1. The Kier molecular flexibility index (Phi) is 3.98. The fraction of sp³-hybridized carbons (Fsp3) is 0.200. The standard InChI is InChI=1S/C15H15FN2O2/c1-10-12(15(19)20)7-8-14(17-10)18(2)9-11-5-3-4-6-13(11)16/h3-8H,9H2,1-2H3,(H,19,20). The lowest BCUT2D eigenvalue weighted by atomic mass is 10.2. The van der Waals surface area contributed by atoms with E-state index in [1.807, 2.05) is 0 Å². The van der Waals surface area contributed by atoms with Crippen molar-refractivity contribution in [1.29, 1.82) is 0 Å². The summed E-state index contributed by atoms with van der Waals surface area (Å²) in [5, 5.41) is 8.96. The fourth-order valence-electron chi connectivity index (χ4n) is 1.95. The number of hydrogen-bond donors (Lipinski definition) is 1. The number of aromatic carboxylic acids is 1. The molecule has 104 valence electrons. The van der Waals surface area contributed by atoms with Crippen molar-refractivity contribution in [1.82, 2.24) is 4.98 Å². The van der Waals surface area contributed by atoms with E-state index in [4.69, 9.17) is 5.11 Å². The minimum Gasteiger partial charge on any atom is -0.478 e. The average molecular weight is 274 g/mol. The summed E-state index contributed by atoms with van der Waals surface area (Å²) < 4.78 is 13.6. The van der Waals surface area contributed by atoms with Gasteiger partial charge in [0.05, 0.1) is 11.3 Å². The Morgan fingerprint density at radius 2 is 2.00 bits per heavy atom. The van der Waals surface area contributed by atoms with E-state index in [1.54, 1.807) is 43.1 Å². The summed E-state index contributed by atoms with van der Waals surface area (Å²) >= 11 is 0. The number of hydrogen-bond acceptors (Lipinski definition) is 3. The van der Waals surface area contributed by atoms with E-state index in [1.165, 1.54) is 12.1 Å². The van der Waals surface area contributed by atoms with Crippen LogP contribution in [0.2, 0.25) is 0 Å². The maximum atomic E-state index is 13.6. The molecular formula is C15H15FN2O2. The third kappa shape index (κ3) is 2.93. The van der Waals surface area contributed by atoms with Gasteiger partial charge in [-0.15, -0.1) is 0 Å². The number of pyridine rings is 1. The molecule has 0 saturated heterocycles. The average Bonchev–Trinajstić information content (AvgIpc) is 2.40. The quantitative estimate of drug-likeness (QED) is 0.931. The molecule has 0 fully saturated rings. The lowest BCUT2D eigenvalue weighted by Crippen LogP contribution is -2.19. The van der Waals surface area contributed by atoms with Gasteiger partial charge in [0.25, 0.3) is 0 Å². The van der Waals surface area contributed by atoms with Gasteiger partial charge in [0.15, 0.2) is 0 Å². The molecule has 0 amide bonds. The van der Waals surface area contributed by atoms with E-state index in [0.717, 1.165) is 0 Å². The van der Waals surface area contributed by atoms with Crippen molar-refractivity contribution in [2.75, 3.05) is 11.9 Å². The van der Waals surface area contributed by atoms with Crippen LogP contribution in [0.5, 0.6) is 0 Å². The minimum absolute atomic E-state index is 0.174. The van der Waals surface area contributed by atoms with Crippen molar-refractivity contribution in [3.63, 3.8) is 0 Å². The summed E-state index contributed by atoms with van der Waals surface area (Å²) in [5.74, 6) is -0.660. The Hall–Kier alpha value is -2.43. The first-order valence-electron chi connectivity index (χ1n) is 6.14. The van der Waals surface area contributed by atoms with Crippen molar-refractivity contribution in [2.45, 2.75) is 13.5 Å². The van der Waals surface area contributed by atoms with Gasteiger partial charge in [-0.3, -0.25) is 0 Å². The fourth-order valence-corrected chi connectivity index (χ4v) is 1.95. The molecule has 0 radical (unpaired) electrons. The largest absolute Gasteiger partial charge is 0.478 e. The molecule has 2 aromatic rings. The molecule has 1 aromatic carbocycles. The number of carboxylic acid groups (broad SMARTS) is 1. The highest BCUT2D eigenvalue weighted by atomic mass is 19.1. The molecule has 2 rings (SSSR count). The molecule has 4 nitrogen and oxygen atoms in total. The van der Waals surface area contributed by atoms with Gasteiger partial charge in [-0.2, -0.15) is 0 Å². The van der Waals surface area contributed by atoms with Gasteiger partial charge in [-0.05, 0) is 25.1 Å². The summed E-state index contributed by atoms with van der Waals surface area (Å²) in [7, 11) is 1.79. The van der Waals surface area contributed by atoms with Crippen LogP contribution in [0.3, 0.4) is 0 Å². The van der Waals surface area contributed by atoms with E-state index >= 15 is 0 Å². The number of rotatable bonds is 4. The zero-order chi connectivity index (χ0) is 14.7. The topological polar surface area (TPSA) is 53.4 Å². The molecule has 0 aliphatic rings. The van der Waals surface area contributed by atoms with Crippen LogP contribution in [0.1, 0.15) is 21.6 Å². The van der Waals surface area contributed by atoms with E-state index in [-0.39, 0.29) is 11.4 Å². The third-order valence-electron chi connectivity index (χ3n) is 3.06. The van der Waals surface area contributed by atoms with Crippen LogP contribution in [0.15, 0.2) is 36.4 Å². The van der Waals surface area contributed by atoms with Crippen LogP contribution in [0.4, 0.5) is 10.2 Å². The predicted octanol–water partition coefficient (Wildman–Crippen LogP) is 2.86. The van der Waals surface area contributed by atoms with Crippen LogP contribution in [0.25, 0.3) is 0 Å². The Balaban J connectivity index is 2.22. The zero-order valence-electron chi connectivity index (χ0n) is 11.3. The molecule has 0 saturated carbocycles. The number of aromatic nitrogens is 1.